The SMILES string of the molecule is CCC1CC(N2CCC(c3cc(F)c4c(c3)nc(-c3ccc(S(C)(=O)=O)cc3)n4C)CC2)CC(C)N1C1COC1. The Bertz CT molecular complexity index is 1480. The molecule has 7 nitrogen and oxygen atoms in total. The molecule has 0 amide bonds. The van der Waals surface area contributed by atoms with Crippen LogP contribution < -0.4 is 0 Å². The number of likely N-dealkylation sites (tertiary alicyclic amines) is 2. The molecule has 4 heterocycles. The minimum Gasteiger partial charge on any atom is -0.378 e. The van der Waals surface area contributed by atoms with Crippen molar-refractivity contribution in [3.63, 3.8) is 0 Å². The lowest BCUT2D eigenvalue weighted by molar-refractivity contribution is -0.115. The third kappa shape index (κ3) is 5.10. The van der Waals surface area contributed by atoms with Crippen LogP contribution in [0.2, 0.25) is 0 Å². The molecule has 2 aromatic carbocycles. The van der Waals surface area contributed by atoms with E-state index in [4.69, 9.17) is 9.72 Å². The summed E-state index contributed by atoms with van der Waals surface area (Å²) in [5, 5.41) is 0. The van der Waals surface area contributed by atoms with E-state index in [9.17, 15) is 8.42 Å². The first-order valence-corrected chi connectivity index (χ1v) is 16.6. The molecule has 3 aromatic rings. The number of aryl methyl sites for hydroxylation is 1. The molecule has 0 N–H and O–H groups in total. The fraction of sp³-hybridized carbons (Fsp3) is 0.581. The van der Waals surface area contributed by atoms with Crippen molar-refractivity contribution in [3.8, 4) is 11.4 Å². The quantitative estimate of drug-likeness (QED) is 0.417. The highest BCUT2D eigenvalue weighted by atomic mass is 32.2. The number of ether oxygens (including phenoxy) is 1. The van der Waals surface area contributed by atoms with Crippen molar-refractivity contribution in [2.45, 2.75) is 80.9 Å². The van der Waals surface area contributed by atoms with E-state index in [0.29, 0.717) is 46.9 Å². The Morgan fingerprint density at radius 1 is 1.05 bits per heavy atom. The molecule has 3 fully saturated rings. The van der Waals surface area contributed by atoms with Crippen molar-refractivity contribution in [2.75, 3.05) is 32.6 Å². The minimum atomic E-state index is -3.28. The number of benzene rings is 2. The van der Waals surface area contributed by atoms with Gasteiger partial charge >= 0.3 is 0 Å². The molecule has 3 saturated heterocycles. The summed E-state index contributed by atoms with van der Waals surface area (Å²) in [5.41, 5.74) is 2.91. The van der Waals surface area contributed by atoms with Crippen LogP contribution in [-0.4, -0.2) is 84.5 Å². The lowest BCUT2D eigenvalue weighted by Gasteiger charge is -2.52. The smallest absolute Gasteiger partial charge is 0.175 e. The molecule has 0 aliphatic carbocycles. The molecule has 0 spiro atoms. The van der Waals surface area contributed by atoms with Gasteiger partial charge in [-0.15, -0.1) is 0 Å². The highest BCUT2D eigenvalue weighted by Gasteiger charge is 2.41. The Kier molecular flexibility index (Phi) is 7.52. The van der Waals surface area contributed by atoms with E-state index in [1.54, 1.807) is 34.9 Å². The van der Waals surface area contributed by atoms with Gasteiger partial charge in [-0.3, -0.25) is 4.90 Å². The van der Waals surface area contributed by atoms with Gasteiger partial charge in [0.15, 0.2) is 9.84 Å². The number of piperidine rings is 2. The number of imidazole rings is 1. The highest BCUT2D eigenvalue weighted by Crippen LogP contribution is 2.37. The van der Waals surface area contributed by atoms with Crippen LogP contribution in [-0.2, 0) is 21.6 Å². The van der Waals surface area contributed by atoms with Gasteiger partial charge in [0.05, 0.1) is 29.7 Å². The zero-order valence-electron chi connectivity index (χ0n) is 24.0. The number of halogens is 1. The molecule has 6 rings (SSSR count). The van der Waals surface area contributed by atoms with Crippen LogP contribution in [0, 0.1) is 5.82 Å². The Morgan fingerprint density at radius 3 is 2.35 bits per heavy atom. The summed E-state index contributed by atoms with van der Waals surface area (Å²) in [7, 11) is -1.47. The molecular formula is C31H41FN4O3S. The number of aromatic nitrogens is 2. The van der Waals surface area contributed by atoms with Crippen molar-refractivity contribution in [3.05, 3.63) is 47.8 Å². The van der Waals surface area contributed by atoms with Crippen LogP contribution in [0.25, 0.3) is 22.4 Å². The average molecular weight is 569 g/mol. The summed E-state index contributed by atoms with van der Waals surface area (Å²) >= 11 is 0. The number of sulfone groups is 1. The van der Waals surface area contributed by atoms with Crippen LogP contribution in [0.15, 0.2) is 41.3 Å². The summed E-state index contributed by atoms with van der Waals surface area (Å²) in [6, 6.07) is 12.8. The molecule has 216 valence electrons. The van der Waals surface area contributed by atoms with Crippen molar-refractivity contribution in [1.82, 2.24) is 19.4 Å². The second-order valence-electron chi connectivity index (χ2n) is 12.1. The lowest BCUT2D eigenvalue weighted by Crippen LogP contribution is -2.62. The first-order valence-electron chi connectivity index (χ1n) is 14.7. The minimum absolute atomic E-state index is 0.254. The van der Waals surface area contributed by atoms with E-state index in [2.05, 4.69) is 29.7 Å². The van der Waals surface area contributed by atoms with Crippen molar-refractivity contribution < 1.29 is 17.5 Å². The standard InChI is InChI=1S/C31H41FN4O3S/c1-5-24-17-25(14-20(2)36(24)26-18-39-19-26)35-12-10-21(11-13-35)23-15-28(32)30-29(16-23)33-31(34(30)3)22-6-8-27(9-7-22)40(4,37)38/h6-9,15-16,20-21,24-26H,5,10-14,17-19H2,1-4H3. The summed E-state index contributed by atoms with van der Waals surface area (Å²) in [4.78, 5) is 10.5. The third-order valence-electron chi connectivity index (χ3n) is 9.60. The zero-order valence-corrected chi connectivity index (χ0v) is 24.8. The average Bonchev–Trinajstić information content (AvgIpc) is 3.25. The molecule has 3 unspecified atom stereocenters. The first-order chi connectivity index (χ1) is 19.1. The maximum atomic E-state index is 15.5. The van der Waals surface area contributed by atoms with Gasteiger partial charge in [-0.05, 0) is 100.0 Å². The predicted molar refractivity (Wildman–Crippen MR) is 156 cm³/mol. The van der Waals surface area contributed by atoms with Crippen molar-refractivity contribution in [2.24, 2.45) is 7.05 Å². The second kappa shape index (κ2) is 10.8. The van der Waals surface area contributed by atoms with Gasteiger partial charge in [0, 0.05) is 37.0 Å². The molecule has 0 saturated carbocycles. The summed E-state index contributed by atoms with van der Waals surface area (Å²) < 4.78 is 46.4. The maximum Gasteiger partial charge on any atom is 0.175 e. The molecule has 0 bridgehead atoms. The van der Waals surface area contributed by atoms with E-state index in [-0.39, 0.29) is 10.7 Å². The van der Waals surface area contributed by atoms with Gasteiger partial charge in [-0.25, -0.2) is 17.8 Å². The van der Waals surface area contributed by atoms with Crippen LogP contribution in [0.1, 0.15) is 57.4 Å². The van der Waals surface area contributed by atoms with Crippen molar-refractivity contribution in [1.29, 1.82) is 0 Å². The van der Waals surface area contributed by atoms with E-state index in [1.807, 2.05) is 7.05 Å². The number of nitrogens with zero attached hydrogens (tertiary/aromatic N) is 4. The van der Waals surface area contributed by atoms with Gasteiger partial charge in [0.25, 0.3) is 0 Å². The Hall–Kier alpha value is -2.33. The predicted octanol–water partition coefficient (Wildman–Crippen LogP) is 4.99. The van der Waals surface area contributed by atoms with Crippen molar-refractivity contribution >= 4 is 20.9 Å². The summed E-state index contributed by atoms with van der Waals surface area (Å²) in [6.45, 7) is 8.56. The molecule has 40 heavy (non-hydrogen) atoms. The fourth-order valence-electron chi connectivity index (χ4n) is 7.40. The van der Waals surface area contributed by atoms with Crippen LogP contribution >= 0.6 is 0 Å². The number of rotatable bonds is 6. The first kappa shape index (κ1) is 27.8. The van der Waals surface area contributed by atoms with Gasteiger partial charge in [-0.1, -0.05) is 6.92 Å². The molecule has 3 aliphatic heterocycles. The second-order valence-corrected chi connectivity index (χ2v) is 14.2. The van der Waals surface area contributed by atoms with E-state index >= 15 is 4.39 Å². The maximum absolute atomic E-state index is 15.5. The number of fused-ring (bicyclic) bond motifs is 1. The molecule has 1 aromatic heterocycles. The fourth-order valence-corrected chi connectivity index (χ4v) is 8.03. The lowest BCUT2D eigenvalue weighted by atomic mass is 9.84. The van der Waals surface area contributed by atoms with Crippen LogP contribution in [0.3, 0.4) is 0 Å². The number of hydrogen-bond donors (Lipinski definition) is 0. The number of hydrogen-bond acceptors (Lipinski definition) is 6. The van der Waals surface area contributed by atoms with E-state index < -0.39 is 9.84 Å². The Balaban J connectivity index is 1.16. The van der Waals surface area contributed by atoms with Gasteiger partial charge in [-0.2, -0.15) is 0 Å². The largest absolute Gasteiger partial charge is 0.378 e. The molecule has 3 atom stereocenters. The summed E-state index contributed by atoms with van der Waals surface area (Å²) in [5.74, 6) is 0.692. The van der Waals surface area contributed by atoms with Crippen LogP contribution in [0.4, 0.5) is 4.39 Å². The molecule has 0 radical (unpaired) electrons. The van der Waals surface area contributed by atoms with Gasteiger partial charge in [0.1, 0.15) is 17.2 Å². The van der Waals surface area contributed by atoms with Gasteiger partial charge in [0.2, 0.25) is 0 Å². The molecule has 9 heteroatoms. The topological polar surface area (TPSA) is 67.7 Å². The Labute approximate surface area is 237 Å². The highest BCUT2D eigenvalue weighted by molar-refractivity contribution is 7.90. The van der Waals surface area contributed by atoms with Crippen LogP contribution in [0.5, 0.6) is 0 Å². The van der Waals surface area contributed by atoms with E-state index in [1.165, 1.54) is 25.5 Å². The zero-order chi connectivity index (χ0) is 28.2. The third-order valence-corrected chi connectivity index (χ3v) is 10.7. The monoisotopic (exact) mass is 568 g/mol. The normalized spacial score (nSPS) is 25.9. The van der Waals surface area contributed by atoms with Gasteiger partial charge < -0.3 is 14.2 Å². The molecule has 3 aliphatic rings. The molecular weight excluding hydrogens is 527 g/mol. The van der Waals surface area contributed by atoms with E-state index in [0.717, 1.165) is 50.3 Å². The summed E-state index contributed by atoms with van der Waals surface area (Å²) in [6.07, 6.45) is 6.86. The Morgan fingerprint density at radius 2 is 1.75 bits per heavy atom.